The highest BCUT2D eigenvalue weighted by Gasteiger charge is 2.22. The number of nitrogens with zero attached hydrogens (tertiary/aromatic N) is 1. The van der Waals surface area contributed by atoms with E-state index in [0.29, 0.717) is 25.1 Å². The second-order valence-corrected chi connectivity index (χ2v) is 8.96. The molecular weight excluding hydrogens is 470 g/mol. The standard InChI is InChI=1S/C24H35N5O5S/c1-15-13-20(33-4)16(2)17(3)22(15)34-35(32)29-24(26)27-12-8-11-19(25)21(30)23(31)28-14-18-9-6-5-7-10-18/h5-7,9-10,13,19,21,30H,8,11-12,14,25H2,1-4H3,(H,28,31)(H3,26,27,29)/t19-,21?,35?/m0/s1. The molecule has 192 valence electrons. The first-order valence-corrected chi connectivity index (χ1v) is 12.3. The molecule has 0 radical (unpaired) electrons. The molecule has 0 saturated heterocycles. The maximum Gasteiger partial charge on any atom is 0.318 e. The van der Waals surface area contributed by atoms with Crippen LogP contribution in [0.2, 0.25) is 0 Å². The minimum Gasteiger partial charge on any atom is -0.496 e. The Kier molecular flexibility index (Phi) is 11.0. The van der Waals surface area contributed by atoms with Crippen LogP contribution in [0.5, 0.6) is 11.5 Å². The van der Waals surface area contributed by atoms with Crippen molar-refractivity contribution < 1.29 is 23.0 Å². The number of aliphatic hydroxyl groups is 1. The second kappa shape index (κ2) is 13.7. The number of aryl methyl sites for hydroxylation is 1. The first-order chi connectivity index (χ1) is 16.6. The molecule has 0 aliphatic heterocycles. The van der Waals surface area contributed by atoms with Gasteiger partial charge in [0.15, 0.2) is 0 Å². The summed E-state index contributed by atoms with van der Waals surface area (Å²) >= 11 is -1.95. The van der Waals surface area contributed by atoms with Crippen LogP contribution < -0.4 is 30.4 Å². The van der Waals surface area contributed by atoms with Gasteiger partial charge in [-0.15, -0.1) is 0 Å². The Hall–Kier alpha value is -3.15. The van der Waals surface area contributed by atoms with E-state index in [1.54, 1.807) is 7.11 Å². The number of carbonyl (C=O) groups excluding carboxylic acids is 1. The van der Waals surface area contributed by atoms with Crippen molar-refractivity contribution in [1.82, 2.24) is 10.0 Å². The molecule has 3 atom stereocenters. The summed E-state index contributed by atoms with van der Waals surface area (Å²) in [5.74, 6) is 0.619. The number of aliphatic imine (C=N–C) groups is 1. The van der Waals surface area contributed by atoms with Gasteiger partial charge in [0, 0.05) is 19.1 Å². The summed E-state index contributed by atoms with van der Waals surface area (Å²) in [6.07, 6.45) is -0.519. The largest absolute Gasteiger partial charge is 0.496 e. The number of amides is 1. The number of hydrogen-bond donors (Lipinski definition) is 5. The molecule has 1 amide bonds. The van der Waals surface area contributed by atoms with Gasteiger partial charge in [0.25, 0.3) is 5.91 Å². The predicted octanol–water partition coefficient (Wildman–Crippen LogP) is 1.27. The molecular formula is C24H35N5O5S. The van der Waals surface area contributed by atoms with Crippen LogP contribution in [0.25, 0.3) is 0 Å². The summed E-state index contributed by atoms with van der Waals surface area (Å²) < 4.78 is 25.7. The zero-order valence-electron chi connectivity index (χ0n) is 20.5. The van der Waals surface area contributed by atoms with Gasteiger partial charge in [0.1, 0.15) is 17.6 Å². The smallest absolute Gasteiger partial charge is 0.318 e. The van der Waals surface area contributed by atoms with Crippen molar-refractivity contribution in [2.45, 2.75) is 52.3 Å². The molecule has 2 aromatic carbocycles. The Morgan fingerprint density at radius 1 is 1.20 bits per heavy atom. The summed E-state index contributed by atoms with van der Waals surface area (Å²) in [6, 6.07) is 10.4. The Bertz CT molecular complexity index is 1050. The first-order valence-electron chi connectivity index (χ1n) is 11.2. The number of nitrogens with one attached hydrogen (secondary N) is 2. The minimum absolute atomic E-state index is 0.0569. The lowest BCUT2D eigenvalue weighted by Gasteiger charge is -2.18. The minimum atomic E-state index is -1.95. The molecule has 0 spiro atoms. The zero-order valence-corrected chi connectivity index (χ0v) is 21.4. The molecule has 0 aromatic heterocycles. The van der Waals surface area contributed by atoms with Crippen LogP contribution in [0.4, 0.5) is 0 Å². The molecule has 10 nitrogen and oxygen atoms in total. The number of nitrogens with two attached hydrogens (primary N) is 2. The van der Waals surface area contributed by atoms with Crippen LogP contribution in [-0.4, -0.2) is 47.0 Å². The van der Waals surface area contributed by atoms with Gasteiger partial charge in [-0.05, 0) is 61.9 Å². The van der Waals surface area contributed by atoms with Crippen LogP contribution in [0.1, 0.15) is 35.1 Å². The maximum atomic E-state index is 12.4. The number of benzene rings is 2. The highest BCUT2D eigenvalue weighted by molar-refractivity contribution is 7.79. The average molecular weight is 506 g/mol. The monoisotopic (exact) mass is 505 g/mol. The summed E-state index contributed by atoms with van der Waals surface area (Å²) in [4.78, 5) is 16.2. The Morgan fingerprint density at radius 3 is 2.54 bits per heavy atom. The molecule has 0 saturated carbocycles. The first kappa shape index (κ1) is 28.1. The highest BCUT2D eigenvalue weighted by Crippen LogP contribution is 2.33. The third-order valence-electron chi connectivity index (χ3n) is 5.51. The van der Waals surface area contributed by atoms with Crippen molar-refractivity contribution >= 4 is 23.1 Å². The SMILES string of the molecule is COc1cc(C)c(OS(=O)NC(N)=NCCC[C@H](N)C(O)C(=O)NCc2ccccc2)c(C)c1C. The number of guanidine groups is 1. The molecule has 0 bridgehead atoms. The summed E-state index contributed by atoms with van der Waals surface area (Å²) in [5.41, 5.74) is 15.1. The summed E-state index contributed by atoms with van der Waals surface area (Å²) in [5, 5.41) is 12.8. The van der Waals surface area contributed by atoms with Gasteiger partial charge in [-0.2, -0.15) is 4.21 Å². The number of aliphatic hydroxyl groups excluding tert-OH is 1. The van der Waals surface area contributed by atoms with Gasteiger partial charge >= 0.3 is 11.3 Å². The van der Waals surface area contributed by atoms with E-state index >= 15 is 0 Å². The lowest BCUT2D eigenvalue weighted by Crippen LogP contribution is -2.46. The number of hydrogen-bond acceptors (Lipinski definition) is 7. The molecule has 0 fully saturated rings. The van der Waals surface area contributed by atoms with Gasteiger partial charge in [-0.1, -0.05) is 30.3 Å². The molecule has 0 heterocycles. The van der Waals surface area contributed by atoms with E-state index in [0.717, 1.165) is 28.0 Å². The highest BCUT2D eigenvalue weighted by atomic mass is 32.2. The average Bonchev–Trinajstić information content (AvgIpc) is 2.85. The zero-order chi connectivity index (χ0) is 26.0. The van der Waals surface area contributed by atoms with E-state index in [4.69, 9.17) is 20.4 Å². The van der Waals surface area contributed by atoms with Crippen LogP contribution in [0.3, 0.4) is 0 Å². The predicted molar refractivity (Wildman–Crippen MR) is 137 cm³/mol. The lowest BCUT2D eigenvalue weighted by molar-refractivity contribution is -0.130. The lowest BCUT2D eigenvalue weighted by atomic mass is 10.0. The van der Waals surface area contributed by atoms with Crippen LogP contribution in [-0.2, 0) is 22.6 Å². The normalized spacial score (nSPS) is 14.1. The van der Waals surface area contributed by atoms with Gasteiger partial charge in [-0.3, -0.25) is 9.79 Å². The van der Waals surface area contributed by atoms with Crippen molar-refractivity contribution in [1.29, 1.82) is 0 Å². The second-order valence-electron chi connectivity index (χ2n) is 8.12. The Balaban J connectivity index is 1.76. The summed E-state index contributed by atoms with van der Waals surface area (Å²) in [6.45, 7) is 6.15. The number of methoxy groups -OCH3 is 1. The van der Waals surface area contributed by atoms with E-state index in [9.17, 15) is 14.1 Å². The van der Waals surface area contributed by atoms with Gasteiger partial charge in [0.2, 0.25) is 5.96 Å². The number of ether oxygens (including phenoxy) is 1. The number of rotatable bonds is 12. The molecule has 11 heteroatoms. The Morgan fingerprint density at radius 2 is 1.89 bits per heavy atom. The molecule has 2 rings (SSSR count). The quantitative estimate of drug-likeness (QED) is 0.165. The molecule has 35 heavy (non-hydrogen) atoms. The van der Waals surface area contributed by atoms with Crippen LogP contribution in [0, 0.1) is 20.8 Å². The van der Waals surface area contributed by atoms with Crippen LogP contribution in [0.15, 0.2) is 41.4 Å². The van der Waals surface area contributed by atoms with Crippen molar-refractivity contribution in [3.8, 4) is 11.5 Å². The van der Waals surface area contributed by atoms with E-state index in [-0.39, 0.29) is 12.5 Å². The van der Waals surface area contributed by atoms with Crippen LogP contribution >= 0.6 is 0 Å². The van der Waals surface area contributed by atoms with Gasteiger partial charge in [0.05, 0.1) is 7.11 Å². The van der Waals surface area contributed by atoms with Crippen molar-refractivity contribution in [3.05, 3.63) is 58.7 Å². The molecule has 0 aliphatic rings. The Labute approximate surface area is 208 Å². The maximum absolute atomic E-state index is 12.4. The van der Waals surface area contributed by atoms with Gasteiger partial charge < -0.3 is 30.8 Å². The van der Waals surface area contributed by atoms with E-state index in [1.165, 1.54) is 0 Å². The van der Waals surface area contributed by atoms with Gasteiger partial charge in [-0.25, -0.2) is 4.72 Å². The fourth-order valence-corrected chi connectivity index (χ4v) is 4.03. The summed E-state index contributed by atoms with van der Waals surface area (Å²) in [7, 11) is 1.59. The fraction of sp³-hybridized carbons (Fsp3) is 0.417. The molecule has 0 aliphatic carbocycles. The van der Waals surface area contributed by atoms with E-state index in [1.807, 2.05) is 57.2 Å². The van der Waals surface area contributed by atoms with E-state index in [2.05, 4.69) is 15.0 Å². The van der Waals surface area contributed by atoms with Crippen molar-refractivity contribution in [2.24, 2.45) is 16.5 Å². The third-order valence-corrected chi connectivity index (χ3v) is 6.20. The van der Waals surface area contributed by atoms with Crippen molar-refractivity contribution in [3.63, 3.8) is 0 Å². The molecule has 7 N–H and O–H groups in total. The van der Waals surface area contributed by atoms with E-state index < -0.39 is 29.3 Å². The number of carbonyl (C=O) groups is 1. The fourth-order valence-electron chi connectivity index (χ4n) is 3.34. The topological polar surface area (TPSA) is 161 Å². The molecule has 2 unspecified atom stereocenters. The molecule has 2 aromatic rings. The van der Waals surface area contributed by atoms with Crippen molar-refractivity contribution in [2.75, 3.05) is 13.7 Å². The third kappa shape index (κ3) is 8.53.